The van der Waals surface area contributed by atoms with Crippen LogP contribution in [0.25, 0.3) is 16.5 Å². The second-order valence-electron chi connectivity index (χ2n) is 8.59. The van der Waals surface area contributed by atoms with Crippen LogP contribution in [0.3, 0.4) is 0 Å². The summed E-state index contributed by atoms with van der Waals surface area (Å²) in [5, 5.41) is 10.3. The number of allylic oxidation sites excluding steroid dienone is 1. The summed E-state index contributed by atoms with van der Waals surface area (Å²) in [6, 6.07) is 7.59. The molecule has 35 heavy (non-hydrogen) atoms. The van der Waals surface area contributed by atoms with Crippen LogP contribution in [-0.2, 0) is 15.9 Å². The molecular weight excluding hydrogens is 466 g/mol. The molecule has 3 N–H and O–H groups in total. The number of hydrogen-bond acceptors (Lipinski definition) is 9. The van der Waals surface area contributed by atoms with E-state index in [1.54, 1.807) is 19.6 Å². The Hall–Kier alpha value is -3.34. The van der Waals surface area contributed by atoms with Crippen molar-refractivity contribution in [2.24, 2.45) is 5.92 Å². The Bertz CT molecular complexity index is 1330. The SMILES string of the molecule is COc1ccc2c(N3CC=C(c4cnc(N)c([S+]([O-])C[C@@H](C)CO)c4)C4=C3CCO4)ncnc2c1. The molecule has 2 aromatic heterocycles. The molecule has 1 unspecified atom stereocenters. The minimum absolute atomic E-state index is 0.0334. The molecule has 0 radical (unpaired) electrons. The van der Waals surface area contributed by atoms with Crippen molar-refractivity contribution in [1.82, 2.24) is 15.0 Å². The molecule has 0 spiro atoms. The predicted molar refractivity (Wildman–Crippen MR) is 135 cm³/mol. The van der Waals surface area contributed by atoms with E-state index in [0.29, 0.717) is 23.8 Å². The topological polar surface area (TPSA) is 130 Å². The predicted octanol–water partition coefficient (Wildman–Crippen LogP) is 2.89. The number of aliphatic hydroxyl groups excluding tert-OH is 1. The summed E-state index contributed by atoms with van der Waals surface area (Å²) >= 11 is -1.37. The third kappa shape index (κ3) is 4.40. The van der Waals surface area contributed by atoms with Gasteiger partial charge in [-0.1, -0.05) is 13.0 Å². The number of benzene rings is 1. The minimum Gasteiger partial charge on any atom is -0.611 e. The van der Waals surface area contributed by atoms with Crippen molar-refractivity contribution in [3.63, 3.8) is 0 Å². The third-order valence-electron chi connectivity index (χ3n) is 6.16. The Kier molecular flexibility index (Phi) is 6.50. The standard InChI is InChI=1S/C25H27N5O4S/c1-15(12-31)13-35(32)22-9-16(11-27-24(22)26)18-5-7-30(21-6-8-34-23(18)21)25-19-4-3-17(33-2)10-20(19)28-14-29-25/h3-5,9-11,14-15,31H,6-8,12-13H2,1-2H3,(H2,26,27)/t15-,35?/m0/s1. The Morgan fingerprint density at radius 3 is 2.94 bits per heavy atom. The maximum atomic E-state index is 12.9. The van der Waals surface area contributed by atoms with E-state index in [-0.39, 0.29) is 18.3 Å². The molecule has 182 valence electrons. The lowest BCUT2D eigenvalue weighted by Gasteiger charge is -2.29. The van der Waals surface area contributed by atoms with Gasteiger partial charge in [0.1, 0.15) is 29.4 Å². The minimum atomic E-state index is -1.37. The molecule has 0 saturated carbocycles. The molecule has 0 aliphatic carbocycles. The van der Waals surface area contributed by atoms with Gasteiger partial charge in [0.15, 0.2) is 10.7 Å². The highest BCUT2D eigenvalue weighted by Gasteiger charge is 2.32. The summed E-state index contributed by atoms with van der Waals surface area (Å²) in [6.07, 6.45) is 6.05. The molecular formula is C25H27N5O4S. The van der Waals surface area contributed by atoms with Gasteiger partial charge in [0, 0.05) is 53.7 Å². The molecule has 5 rings (SSSR count). The molecule has 2 aliphatic rings. The van der Waals surface area contributed by atoms with Crippen molar-refractivity contribution in [2.45, 2.75) is 18.2 Å². The maximum Gasteiger partial charge on any atom is 0.195 e. The number of aliphatic hydroxyl groups is 1. The summed E-state index contributed by atoms with van der Waals surface area (Å²) in [4.78, 5) is 15.9. The van der Waals surface area contributed by atoms with E-state index in [2.05, 4.69) is 25.9 Å². The van der Waals surface area contributed by atoms with E-state index < -0.39 is 11.2 Å². The van der Waals surface area contributed by atoms with Crippen LogP contribution in [0.4, 0.5) is 11.6 Å². The van der Waals surface area contributed by atoms with Crippen LogP contribution in [0.15, 0.2) is 59.2 Å². The van der Waals surface area contributed by atoms with E-state index in [1.165, 1.54) is 0 Å². The normalized spacial score (nSPS) is 17.1. The van der Waals surface area contributed by atoms with Gasteiger partial charge < -0.3 is 29.8 Å². The first kappa shape index (κ1) is 23.4. The van der Waals surface area contributed by atoms with Crippen molar-refractivity contribution in [3.05, 3.63) is 59.9 Å². The summed E-state index contributed by atoms with van der Waals surface area (Å²) in [7, 11) is 1.63. The van der Waals surface area contributed by atoms with Crippen LogP contribution in [0.5, 0.6) is 5.75 Å². The lowest BCUT2D eigenvalue weighted by Crippen LogP contribution is -2.27. The van der Waals surface area contributed by atoms with E-state index in [1.807, 2.05) is 31.2 Å². The average molecular weight is 494 g/mol. The Balaban J connectivity index is 1.50. The number of fused-ring (bicyclic) bond motifs is 1. The van der Waals surface area contributed by atoms with Crippen LogP contribution in [0.1, 0.15) is 18.9 Å². The number of pyridine rings is 1. The van der Waals surface area contributed by atoms with Crippen molar-refractivity contribution in [2.75, 3.05) is 43.3 Å². The smallest absolute Gasteiger partial charge is 0.195 e. The molecule has 4 heterocycles. The van der Waals surface area contributed by atoms with Crippen molar-refractivity contribution < 1.29 is 19.1 Å². The number of nitrogen functional groups attached to an aromatic ring is 1. The van der Waals surface area contributed by atoms with E-state index in [4.69, 9.17) is 15.2 Å². The summed E-state index contributed by atoms with van der Waals surface area (Å²) in [5.41, 5.74) is 9.59. The molecule has 1 aromatic carbocycles. The van der Waals surface area contributed by atoms with E-state index in [9.17, 15) is 9.66 Å². The first-order valence-electron chi connectivity index (χ1n) is 11.4. The number of methoxy groups -OCH3 is 1. The number of ether oxygens (including phenoxy) is 2. The number of aromatic nitrogens is 3. The van der Waals surface area contributed by atoms with Crippen molar-refractivity contribution >= 4 is 39.3 Å². The Morgan fingerprint density at radius 2 is 2.14 bits per heavy atom. The van der Waals surface area contributed by atoms with Gasteiger partial charge in [0.05, 0.1) is 31.5 Å². The zero-order chi connectivity index (χ0) is 24.5. The number of hydrogen-bond donors (Lipinski definition) is 2. The summed E-state index contributed by atoms with van der Waals surface area (Å²) in [5.74, 6) is 2.76. The van der Waals surface area contributed by atoms with Crippen LogP contribution >= 0.6 is 0 Å². The van der Waals surface area contributed by atoms with Crippen LogP contribution in [-0.4, -0.2) is 57.2 Å². The first-order valence-corrected chi connectivity index (χ1v) is 12.7. The van der Waals surface area contributed by atoms with Crippen molar-refractivity contribution in [1.29, 1.82) is 0 Å². The largest absolute Gasteiger partial charge is 0.611 e. The highest BCUT2D eigenvalue weighted by Crippen LogP contribution is 2.41. The molecule has 2 atom stereocenters. The van der Waals surface area contributed by atoms with Gasteiger partial charge in [-0.2, -0.15) is 0 Å². The molecule has 0 bridgehead atoms. The molecule has 9 nitrogen and oxygen atoms in total. The fourth-order valence-electron chi connectivity index (χ4n) is 4.34. The quantitative estimate of drug-likeness (QED) is 0.477. The Morgan fingerprint density at radius 1 is 1.29 bits per heavy atom. The van der Waals surface area contributed by atoms with Gasteiger partial charge in [-0.15, -0.1) is 0 Å². The molecule has 0 amide bonds. The lowest BCUT2D eigenvalue weighted by atomic mass is 10.00. The third-order valence-corrected chi connectivity index (χ3v) is 7.85. The first-order chi connectivity index (χ1) is 17.0. The highest BCUT2D eigenvalue weighted by molar-refractivity contribution is 7.91. The molecule has 0 saturated heterocycles. The second kappa shape index (κ2) is 9.73. The van der Waals surface area contributed by atoms with Gasteiger partial charge in [0.2, 0.25) is 0 Å². The van der Waals surface area contributed by atoms with Crippen LogP contribution < -0.4 is 15.4 Å². The van der Waals surface area contributed by atoms with Crippen LogP contribution in [0.2, 0.25) is 0 Å². The average Bonchev–Trinajstić information content (AvgIpc) is 3.38. The lowest BCUT2D eigenvalue weighted by molar-refractivity contribution is 0.249. The number of anilines is 2. The fraction of sp³-hybridized carbons (Fsp3) is 0.320. The number of nitrogens with two attached hydrogens (primary N) is 1. The number of rotatable bonds is 7. The summed E-state index contributed by atoms with van der Waals surface area (Å²) < 4.78 is 24.3. The molecule has 3 aromatic rings. The van der Waals surface area contributed by atoms with Gasteiger partial charge in [0.25, 0.3) is 0 Å². The second-order valence-corrected chi connectivity index (χ2v) is 10.1. The highest BCUT2D eigenvalue weighted by atomic mass is 32.2. The number of nitrogens with zero attached hydrogens (tertiary/aromatic N) is 4. The molecule has 10 heteroatoms. The van der Waals surface area contributed by atoms with Crippen LogP contribution in [0, 0.1) is 5.92 Å². The molecule has 0 fully saturated rings. The van der Waals surface area contributed by atoms with Gasteiger partial charge >= 0.3 is 0 Å². The molecule has 2 aliphatic heterocycles. The van der Waals surface area contributed by atoms with Crippen molar-refractivity contribution in [3.8, 4) is 5.75 Å². The van der Waals surface area contributed by atoms with Gasteiger partial charge in [-0.3, -0.25) is 0 Å². The van der Waals surface area contributed by atoms with E-state index in [0.717, 1.165) is 51.5 Å². The van der Waals surface area contributed by atoms with Gasteiger partial charge in [-0.05, 0) is 23.3 Å². The monoisotopic (exact) mass is 493 g/mol. The van der Waals surface area contributed by atoms with Gasteiger partial charge in [-0.25, -0.2) is 15.0 Å². The Labute approximate surface area is 206 Å². The fourth-order valence-corrected chi connectivity index (χ4v) is 5.68. The zero-order valence-electron chi connectivity index (χ0n) is 19.6. The maximum absolute atomic E-state index is 12.9. The van der Waals surface area contributed by atoms with E-state index >= 15 is 0 Å². The zero-order valence-corrected chi connectivity index (χ0v) is 20.4. The summed E-state index contributed by atoms with van der Waals surface area (Å²) in [6.45, 7) is 2.96.